The van der Waals surface area contributed by atoms with Crippen LogP contribution in [0.3, 0.4) is 0 Å². The molecule has 9 nitrogen and oxygen atoms in total. The Balaban J connectivity index is 1.17. The summed E-state index contributed by atoms with van der Waals surface area (Å²) in [6, 6.07) is 0. The van der Waals surface area contributed by atoms with Gasteiger partial charge in [0.15, 0.2) is 0 Å². The maximum absolute atomic E-state index is 6.06. The van der Waals surface area contributed by atoms with Gasteiger partial charge in [-0.05, 0) is 6.54 Å². The van der Waals surface area contributed by atoms with Crippen molar-refractivity contribution < 1.29 is 14.2 Å². The molecule has 3 aliphatic rings. The summed E-state index contributed by atoms with van der Waals surface area (Å²) in [5.41, 5.74) is 0. The summed E-state index contributed by atoms with van der Waals surface area (Å²) in [7, 11) is 1.78. The molecule has 3 rings (SSSR count). The van der Waals surface area contributed by atoms with Gasteiger partial charge in [-0.25, -0.2) is 0 Å². The topological polar surface area (TPSA) is 47.1 Å². The standard InChI is InChI=1S/C24H50N6O3/c1-3-25(4-5-26-6-11-28(12-7-26)16-20-31-2)24-33-23-19-29-13-8-27(9-14-29)10-15-30-17-21-32-22-18-30/h3-24H2,1-2H3. The van der Waals surface area contributed by atoms with E-state index in [2.05, 4.69) is 36.3 Å². The van der Waals surface area contributed by atoms with Gasteiger partial charge in [0.2, 0.25) is 0 Å². The first-order valence-electron chi connectivity index (χ1n) is 13.3. The van der Waals surface area contributed by atoms with E-state index in [4.69, 9.17) is 14.2 Å². The zero-order valence-electron chi connectivity index (χ0n) is 21.5. The van der Waals surface area contributed by atoms with Crippen molar-refractivity contribution in [1.82, 2.24) is 29.4 Å². The Morgan fingerprint density at radius 3 is 1.67 bits per heavy atom. The van der Waals surface area contributed by atoms with Gasteiger partial charge in [0.1, 0.15) is 0 Å². The van der Waals surface area contributed by atoms with Crippen molar-refractivity contribution in [2.45, 2.75) is 6.92 Å². The van der Waals surface area contributed by atoms with E-state index in [0.29, 0.717) is 0 Å². The third kappa shape index (κ3) is 10.8. The largest absolute Gasteiger partial charge is 0.383 e. The second-order valence-corrected chi connectivity index (χ2v) is 9.56. The third-order valence-corrected chi connectivity index (χ3v) is 7.38. The summed E-state index contributed by atoms with van der Waals surface area (Å²) in [4.78, 5) is 15.2. The monoisotopic (exact) mass is 470 g/mol. The molecule has 3 heterocycles. The van der Waals surface area contributed by atoms with Gasteiger partial charge in [-0.2, -0.15) is 0 Å². The summed E-state index contributed by atoms with van der Waals surface area (Å²) in [6.45, 7) is 25.8. The fraction of sp³-hybridized carbons (Fsp3) is 1.00. The number of methoxy groups -OCH3 is 1. The molecule has 0 bridgehead atoms. The van der Waals surface area contributed by atoms with Crippen molar-refractivity contribution in [3.63, 3.8) is 0 Å². The molecule has 0 aliphatic carbocycles. The van der Waals surface area contributed by atoms with Gasteiger partial charge in [0.25, 0.3) is 0 Å². The van der Waals surface area contributed by atoms with Crippen LogP contribution in [-0.2, 0) is 14.2 Å². The number of likely N-dealkylation sites (N-methyl/N-ethyl adjacent to an activating group) is 1. The lowest BCUT2D eigenvalue weighted by Crippen LogP contribution is -2.50. The minimum Gasteiger partial charge on any atom is -0.383 e. The fourth-order valence-corrected chi connectivity index (χ4v) is 4.79. The molecule has 0 saturated carbocycles. The van der Waals surface area contributed by atoms with Gasteiger partial charge in [-0.3, -0.25) is 29.4 Å². The predicted molar refractivity (Wildman–Crippen MR) is 133 cm³/mol. The van der Waals surface area contributed by atoms with Gasteiger partial charge in [0, 0.05) is 112 Å². The molecule has 0 amide bonds. The summed E-state index contributed by atoms with van der Waals surface area (Å²) in [6.07, 6.45) is 0. The maximum Gasteiger partial charge on any atom is 0.0991 e. The molecule has 0 atom stereocenters. The lowest BCUT2D eigenvalue weighted by molar-refractivity contribution is 0.00573. The molecule has 0 N–H and O–H groups in total. The Morgan fingerprint density at radius 1 is 0.636 bits per heavy atom. The van der Waals surface area contributed by atoms with Crippen LogP contribution >= 0.6 is 0 Å². The minimum absolute atomic E-state index is 0.754. The van der Waals surface area contributed by atoms with Crippen LogP contribution in [0.25, 0.3) is 0 Å². The molecule has 0 spiro atoms. The Kier molecular flexibility index (Phi) is 13.5. The fourth-order valence-electron chi connectivity index (χ4n) is 4.79. The van der Waals surface area contributed by atoms with E-state index >= 15 is 0 Å². The highest BCUT2D eigenvalue weighted by Crippen LogP contribution is 2.04. The van der Waals surface area contributed by atoms with Gasteiger partial charge in [-0.15, -0.1) is 0 Å². The summed E-state index contributed by atoms with van der Waals surface area (Å²) >= 11 is 0. The van der Waals surface area contributed by atoms with E-state index in [-0.39, 0.29) is 0 Å². The molecule has 3 saturated heterocycles. The number of ether oxygens (including phenoxy) is 3. The summed E-state index contributed by atoms with van der Waals surface area (Å²) in [5, 5.41) is 0. The van der Waals surface area contributed by atoms with E-state index in [9.17, 15) is 0 Å². The first-order chi connectivity index (χ1) is 16.3. The Hall–Kier alpha value is -0.360. The molecule has 0 aromatic heterocycles. The van der Waals surface area contributed by atoms with Crippen molar-refractivity contribution in [3.05, 3.63) is 0 Å². The van der Waals surface area contributed by atoms with Crippen molar-refractivity contribution in [1.29, 1.82) is 0 Å². The van der Waals surface area contributed by atoms with Crippen LogP contribution in [0.4, 0.5) is 0 Å². The van der Waals surface area contributed by atoms with E-state index in [0.717, 1.165) is 92.1 Å². The average molecular weight is 471 g/mol. The Morgan fingerprint density at radius 2 is 1.12 bits per heavy atom. The molecule has 33 heavy (non-hydrogen) atoms. The summed E-state index contributed by atoms with van der Waals surface area (Å²) in [5.74, 6) is 0. The molecule has 9 heteroatoms. The lowest BCUT2D eigenvalue weighted by Gasteiger charge is -2.36. The molecule has 0 aromatic rings. The molecule has 194 valence electrons. The predicted octanol–water partition coefficient (Wildman–Crippen LogP) is -0.504. The van der Waals surface area contributed by atoms with E-state index < -0.39 is 0 Å². The second-order valence-electron chi connectivity index (χ2n) is 9.56. The molecule has 3 aliphatic heterocycles. The second kappa shape index (κ2) is 16.3. The van der Waals surface area contributed by atoms with Crippen LogP contribution < -0.4 is 0 Å². The zero-order chi connectivity index (χ0) is 23.1. The smallest absolute Gasteiger partial charge is 0.0991 e. The number of hydrogen-bond acceptors (Lipinski definition) is 9. The maximum atomic E-state index is 6.06. The van der Waals surface area contributed by atoms with Crippen molar-refractivity contribution >= 4 is 0 Å². The molecular weight excluding hydrogens is 420 g/mol. The average Bonchev–Trinajstić information content (AvgIpc) is 2.88. The minimum atomic E-state index is 0.754. The van der Waals surface area contributed by atoms with Crippen LogP contribution in [0.2, 0.25) is 0 Å². The van der Waals surface area contributed by atoms with Crippen LogP contribution in [-0.4, -0.2) is 181 Å². The Bertz CT molecular complexity index is 481. The highest BCUT2D eigenvalue weighted by atomic mass is 16.5. The number of hydrogen-bond donors (Lipinski definition) is 0. The van der Waals surface area contributed by atoms with E-state index in [1.54, 1.807) is 7.11 Å². The molecule has 0 unspecified atom stereocenters. The zero-order valence-corrected chi connectivity index (χ0v) is 21.5. The number of piperazine rings is 2. The molecule has 0 radical (unpaired) electrons. The molecule has 3 fully saturated rings. The quantitative estimate of drug-likeness (QED) is 0.233. The first-order valence-corrected chi connectivity index (χ1v) is 13.3. The van der Waals surface area contributed by atoms with Gasteiger partial charge in [0.05, 0.1) is 33.2 Å². The van der Waals surface area contributed by atoms with Gasteiger partial charge in [-0.1, -0.05) is 6.92 Å². The first kappa shape index (κ1) is 27.2. The van der Waals surface area contributed by atoms with Crippen LogP contribution in [0.15, 0.2) is 0 Å². The Labute approximate surface area is 202 Å². The van der Waals surface area contributed by atoms with Crippen molar-refractivity contribution in [2.75, 3.05) is 152 Å². The van der Waals surface area contributed by atoms with Gasteiger partial charge >= 0.3 is 0 Å². The summed E-state index contributed by atoms with van der Waals surface area (Å²) < 4.78 is 16.7. The number of rotatable bonds is 15. The normalized spacial score (nSPS) is 23.0. The SMILES string of the molecule is CCN(CCN1CCN(CCOC)CC1)COCCN1CCN(CCN2CCOCC2)CC1. The molecule has 0 aromatic carbocycles. The highest BCUT2D eigenvalue weighted by Gasteiger charge is 2.19. The number of nitrogens with zero attached hydrogens (tertiary/aromatic N) is 6. The van der Waals surface area contributed by atoms with Crippen molar-refractivity contribution in [3.8, 4) is 0 Å². The highest BCUT2D eigenvalue weighted by molar-refractivity contribution is 4.74. The van der Waals surface area contributed by atoms with Crippen LogP contribution in [0.5, 0.6) is 0 Å². The third-order valence-electron chi connectivity index (χ3n) is 7.38. The van der Waals surface area contributed by atoms with Crippen LogP contribution in [0, 0.1) is 0 Å². The van der Waals surface area contributed by atoms with Gasteiger partial charge < -0.3 is 14.2 Å². The van der Waals surface area contributed by atoms with E-state index in [1.807, 2.05) is 0 Å². The lowest BCUT2D eigenvalue weighted by atomic mass is 10.3. The van der Waals surface area contributed by atoms with Crippen LogP contribution in [0.1, 0.15) is 6.92 Å². The van der Waals surface area contributed by atoms with Crippen molar-refractivity contribution in [2.24, 2.45) is 0 Å². The van der Waals surface area contributed by atoms with E-state index in [1.165, 1.54) is 52.4 Å². The molecular formula is C24H50N6O3. The number of morpholine rings is 1.